The summed E-state index contributed by atoms with van der Waals surface area (Å²) in [5.74, 6) is 0.776. The number of ether oxygens (including phenoxy) is 2. The molecule has 0 bridgehead atoms. The van der Waals surface area contributed by atoms with Crippen molar-refractivity contribution in [2.24, 2.45) is 0 Å². The zero-order valence-electron chi connectivity index (χ0n) is 16.2. The lowest BCUT2D eigenvalue weighted by atomic mass is 10.1. The Morgan fingerprint density at radius 1 is 1.10 bits per heavy atom. The van der Waals surface area contributed by atoms with Crippen molar-refractivity contribution in [3.05, 3.63) is 63.1 Å². The van der Waals surface area contributed by atoms with Crippen LogP contribution in [0.1, 0.15) is 44.1 Å². The van der Waals surface area contributed by atoms with Gasteiger partial charge in [-0.25, -0.2) is 0 Å². The minimum absolute atomic E-state index is 0.0827. The predicted octanol–water partition coefficient (Wildman–Crippen LogP) is 4.15. The summed E-state index contributed by atoms with van der Waals surface area (Å²) in [6.45, 7) is 0.795. The van der Waals surface area contributed by atoms with Crippen molar-refractivity contribution in [2.45, 2.75) is 18.9 Å². The first kappa shape index (κ1) is 19.8. The Morgan fingerprint density at radius 3 is 2.74 bits per heavy atom. The van der Waals surface area contributed by atoms with Crippen LogP contribution in [0.15, 0.2) is 42.5 Å². The lowest BCUT2D eigenvalue weighted by Crippen LogP contribution is -2.30. The SMILES string of the molecule is O=C(Nc1ccc2c(c1)OCO2)c1nnc([C@@H]2CCCN2C(=O)c2ccc(Cl)cc2)s1. The van der Waals surface area contributed by atoms with E-state index in [1.54, 1.807) is 47.4 Å². The Morgan fingerprint density at radius 2 is 1.90 bits per heavy atom. The maximum atomic E-state index is 13.0. The number of halogens is 1. The molecule has 8 nitrogen and oxygen atoms in total. The van der Waals surface area contributed by atoms with Crippen LogP contribution >= 0.6 is 22.9 Å². The van der Waals surface area contributed by atoms with Gasteiger partial charge in [-0.15, -0.1) is 10.2 Å². The van der Waals surface area contributed by atoms with Crippen LogP contribution in [-0.2, 0) is 0 Å². The van der Waals surface area contributed by atoms with E-state index in [4.69, 9.17) is 21.1 Å². The topological polar surface area (TPSA) is 93.7 Å². The highest BCUT2D eigenvalue weighted by molar-refractivity contribution is 7.13. The van der Waals surface area contributed by atoms with E-state index in [1.165, 1.54) is 11.3 Å². The molecule has 3 aromatic rings. The lowest BCUT2D eigenvalue weighted by Gasteiger charge is -2.22. The molecule has 2 amide bonds. The molecule has 0 saturated carbocycles. The number of hydrogen-bond acceptors (Lipinski definition) is 7. The molecule has 1 atom stereocenters. The fourth-order valence-corrected chi connectivity index (χ4v) is 4.66. The minimum atomic E-state index is -0.365. The van der Waals surface area contributed by atoms with Gasteiger partial charge in [0.2, 0.25) is 11.8 Å². The molecule has 10 heteroatoms. The van der Waals surface area contributed by atoms with E-state index in [0.717, 1.165) is 12.8 Å². The first-order valence-electron chi connectivity index (χ1n) is 9.69. The number of likely N-dealkylation sites (tertiary alicyclic amines) is 1. The van der Waals surface area contributed by atoms with Crippen molar-refractivity contribution in [3.63, 3.8) is 0 Å². The third kappa shape index (κ3) is 3.94. The molecule has 3 heterocycles. The molecule has 158 valence electrons. The Labute approximate surface area is 186 Å². The quantitative estimate of drug-likeness (QED) is 0.633. The first-order chi connectivity index (χ1) is 15.1. The second-order valence-electron chi connectivity index (χ2n) is 7.13. The molecule has 2 aliphatic rings. The Balaban J connectivity index is 1.30. The molecule has 31 heavy (non-hydrogen) atoms. The van der Waals surface area contributed by atoms with Crippen LogP contribution < -0.4 is 14.8 Å². The fraction of sp³-hybridized carbons (Fsp3) is 0.238. The molecule has 1 fully saturated rings. The molecule has 0 aliphatic carbocycles. The molecule has 0 unspecified atom stereocenters. The van der Waals surface area contributed by atoms with Gasteiger partial charge in [-0.2, -0.15) is 0 Å². The van der Waals surface area contributed by atoms with Crippen LogP contribution in [0.3, 0.4) is 0 Å². The van der Waals surface area contributed by atoms with Gasteiger partial charge in [-0.3, -0.25) is 9.59 Å². The minimum Gasteiger partial charge on any atom is -0.454 e. The smallest absolute Gasteiger partial charge is 0.286 e. The number of nitrogens with one attached hydrogen (secondary N) is 1. The first-order valence-corrected chi connectivity index (χ1v) is 10.9. The van der Waals surface area contributed by atoms with Gasteiger partial charge >= 0.3 is 0 Å². The van der Waals surface area contributed by atoms with Gasteiger partial charge in [-0.05, 0) is 49.2 Å². The van der Waals surface area contributed by atoms with Crippen LogP contribution in [0.2, 0.25) is 5.02 Å². The van der Waals surface area contributed by atoms with Crippen LogP contribution in [-0.4, -0.2) is 40.2 Å². The van der Waals surface area contributed by atoms with Crippen LogP contribution in [0, 0.1) is 0 Å². The monoisotopic (exact) mass is 456 g/mol. The zero-order chi connectivity index (χ0) is 21.4. The van der Waals surface area contributed by atoms with E-state index < -0.39 is 0 Å². The van der Waals surface area contributed by atoms with Crippen molar-refractivity contribution in [1.29, 1.82) is 0 Å². The van der Waals surface area contributed by atoms with E-state index in [2.05, 4.69) is 15.5 Å². The van der Waals surface area contributed by atoms with Gasteiger partial charge in [0.05, 0.1) is 6.04 Å². The van der Waals surface area contributed by atoms with E-state index in [0.29, 0.717) is 39.3 Å². The third-order valence-electron chi connectivity index (χ3n) is 5.16. The Hall–Kier alpha value is -3.17. The van der Waals surface area contributed by atoms with Crippen LogP contribution in [0.5, 0.6) is 11.5 Å². The number of benzene rings is 2. The van der Waals surface area contributed by atoms with Gasteiger partial charge in [0, 0.05) is 28.9 Å². The highest BCUT2D eigenvalue weighted by Crippen LogP contribution is 2.36. The number of carbonyl (C=O) groups excluding carboxylic acids is 2. The predicted molar refractivity (Wildman–Crippen MR) is 115 cm³/mol. The molecule has 1 saturated heterocycles. The molecular weight excluding hydrogens is 440 g/mol. The zero-order valence-corrected chi connectivity index (χ0v) is 17.8. The Bertz CT molecular complexity index is 1150. The van der Waals surface area contributed by atoms with Crippen LogP contribution in [0.25, 0.3) is 0 Å². The average Bonchev–Trinajstić information content (AvgIpc) is 3.53. The number of amides is 2. The average molecular weight is 457 g/mol. The number of fused-ring (bicyclic) bond motifs is 1. The molecular formula is C21H17ClN4O4S. The summed E-state index contributed by atoms with van der Waals surface area (Å²) in [5, 5.41) is 12.5. The molecule has 2 aromatic carbocycles. The van der Waals surface area contributed by atoms with Crippen molar-refractivity contribution in [3.8, 4) is 11.5 Å². The molecule has 0 radical (unpaired) electrons. The number of rotatable bonds is 4. The normalized spacial score (nSPS) is 17.1. The van der Waals surface area contributed by atoms with E-state index in [1.807, 2.05) is 0 Å². The summed E-state index contributed by atoms with van der Waals surface area (Å²) in [6, 6.07) is 11.8. The Kier molecular flexibility index (Phi) is 5.21. The van der Waals surface area contributed by atoms with Crippen molar-refractivity contribution >= 4 is 40.4 Å². The summed E-state index contributed by atoms with van der Waals surface area (Å²) in [7, 11) is 0. The molecule has 0 spiro atoms. The molecule has 1 N–H and O–H groups in total. The second-order valence-corrected chi connectivity index (χ2v) is 8.58. The maximum Gasteiger partial charge on any atom is 0.286 e. The molecule has 5 rings (SSSR count). The third-order valence-corrected chi connectivity index (χ3v) is 6.43. The molecule has 2 aliphatic heterocycles. The maximum absolute atomic E-state index is 13.0. The number of carbonyl (C=O) groups is 2. The summed E-state index contributed by atoms with van der Waals surface area (Å²) in [4.78, 5) is 27.4. The number of aromatic nitrogens is 2. The highest BCUT2D eigenvalue weighted by Gasteiger charge is 2.33. The number of nitrogens with zero attached hydrogens (tertiary/aromatic N) is 3. The lowest BCUT2D eigenvalue weighted by molar-refractivity contribution is 0.0735. The van der Waals surface area contributed by atoms with E-state index in [-0.39, 0.29) is 29.7 Å². The molecule has 1 aromatic heterocycles. The summed E-state index contributed by atoms with van der Waals surface area (Å²) < 4.78 is 10.6. The van der Waals surface area contributed by atoms with Gasteiger partial charge < -0.3 is 19.7 Å². The summed E-state index contributed by atoms with van der Waals surface area (Å²) in [6.07, 6.45) is 1.64. The second kappa shape index (κ2) is 8.16. The summed E-state index contributed by atoms with van der Waals surface area (Å²) >= 11 is 7.12. The highest BCUT2D eigenvalue weighted by atomic mass is 35.5. The van der Waals surface area contributed by atoms with Gasteiger partial charge in [-0.1, -0.05) is 22.9 Å². The number of anilines is 1. The van der Waals surface area contributed by atoms with Gasteiger partial charge in [0.15, 0.2) is 11.5 Å². The van der Waals surface area contributed by atoms with Crippen molar-refractivity contribution < 1.29 is 19.1 Å². The van der Waals surface area contributed by atoms with Crippen molar-refractivity contribution in [2.75, 3.05) is 18.7 Å². The van der Waals surface area contributed by atoms with Crippen molar-refractivity contribution in [1.82, 2.24) is 15.1 Å². The number of hydrogen-bond donors (Lipinski definition) is 1. The van der Waals surface area contributed by atoms with Gasteiger partial charge in [0.25, 0.3) is 11.8 Å². The van der Waals surface area contributed by atoms with E-state index in [9.17, 15) is 9.59 Å². The van der Waals surface area contributed by atoms with Gasteiger partial charge in [0.1, 0.15) is 5.01 Å². The fourth-order valence-electron chi connectivity index (χ4n) is 3.64. The summed E-state index contributed by atoms with van der Waals surface area (Å²) in [5.41, 5.74) is 1.15. The standard InChI is InChI=1S/C21H17ClN4O4S/c22-13-5-3-12(4-6-13)21(28)26-9-1-2-15(26)19-24-25-20(31-19)18(27)23-14-7-8-16-17(10-14)30-11-29-16/h3-8,10,15H,1-2,9,11H2,(H,23,27)/t15-/m0/s1. The van der Waals surface area contributed by atoms with E-state index >= 15 is 0 Å². The largest absolute Gasteiger partial charge is 0.454 e. The van der Waals surface area contributed by atoms with Crippen LogP contribution in [0.4, 0.5) is 5.69 Å².